The van der Waals surface area contributed by atoms with Crippen LogP contribution in [0, 0.1) is 8.48 Å². The molecule has 1 unspecified atom stereocenters. The average molecular weight is 294 g/mol. The number of hydrogen-bond donors (Lipinski definition) is 1. The molecule has 64 valence electrons. The van der Waals surface area contributed by atoms with Crippen LogP contribution in [0.5, 0.6) is 0 Å². The number of nitrogens with one attached hydrogen (secondary N) is 1. The summed E-state index contributed by atoms with van der Waals surface area (Å²) in [5.74, 6) is 0.785. The Labute approximate surface area is 84.7 Å². The lowest BCUT2D eigenvalue weighted by Crippen LogP contribution is -1.92. The van der Waals surface area contributed by atoms with Gasteiger partial charge in [0, 0.05) is 6.20 Å². The van der Waals surface area contributed by atoms with E-state index >= 15 is 0 Å². The van der Waals surface area contributed by atoms with E-state index in [2.05, 4.69) is 27.6 Å². The second-order valence-electron chi connectivity index (χ2n) is 2.88. The Hall–Kier alpha value is -0.170. The van der Waals surface area contributed by atoms with E-state index in [-0.39, 0.29) is 0 Å². The van der Waals surface area contributed by atoms with Crippen LogP contribution in [0.15, 0.2) is 12.3 Å². The third-order valence-electron chi connectivity index (χ3n) is 1.83. The molecule has 5 heteroatoms. The summed E-state index contributed by atoms with van der Waals surface area (Å²) >= 11 is 2.12. The predicted octanol–water partition coefficient (Wildman–Crippen LogP) is 1.75. The first kappa shape index (κ1) is 8.43. The van der Waals surface area contributed by atoms with E-state index in [0.29, 0.717) is 11.5 Å². The van der Waals surface area contributed by atoms with Crippen molar-refractivity contribution in [2.24, 2.45) is 0 Å². The van der Waals surface area contributed by atoms with Crippen LogP contribution < -0.4 is 0 Å². The molecule has 0 fully saturated rings. The zero-order valence-electron chi connectivity index (χ0n) is 6.21. The lowest BCUT2D eigenvalue weighted by molar-refractivity contribution is 0.676. The first-order valence-electron chi connectivity index (χ1n) is 3.44. The second kappa shape index (κ2) is 2.66. The van der Waals surface area contributed by atoms with E-state index in [1.807, 2.05) is 6.07 Å². The van der Waals surface area contributed by atoms with Gasteiger partial charge in [0.05, 0.1) is 21.2 Å². The van der Waals surface area contributed by atoms with Crippen molar-refractivity contribution in [3.05, 3.63) is 27.1 Å². The summed E-state index contributed by atoms with van der Waals surface area (Å²) in [6, 6.07) is 1.91. The molecule has 0 aromatic carbocycles. The molecule has 1 aromatic heterocycles. The zero-order valence-corrected chi connectivity index (χ0v) is 9.18. The van der Waals surface area contributed by atoms with E-state index in [0.717, 1.165) is 14.8 Å². The maximum Gasteiger partial charge on any atom is 0.101 e. The highest BCUT2D eigenvalue weighted by molar-refractivity contribution is 14.1. The fourth-order valence-electron chi connectivity index (χ4n) is 1.31. The molecule has 1 N–H and O–H groups in total. The van der Waals surface area contributed by atoms with E-state index in [1.165, 1.54) is 0 Å². The quantitative estimate of drug-likeness (QED) is 0.585. The molecule has 2 heterocycles. The molecule has 0 bridgehead atoms. The maximum atomic E-state index is 11.4. The summed E-state index contributed by atoms with van der Waals surface area (Å²) < 4.78 is 19.7. The predicted molar refractivity (Wildman–Crippen MR) is 55.2 cm³/mol. The van der Waals surface area contributed by atoms with Gasteiger partial charge in [0.1, 0.15) is 3.70 Å². The van der Waals surface area contributed by atoms with Gasteiger partial charge in [-0.1, -0.05) is 0 Å². The van der Waals surface area contributed by atoms with Gasteiger partial charge in [0.15, 0.2) is 0 Å². The molecule has 1 aliphatic rings. The van der Waals surface area contributed by atoms with Crippen molar-refractivity contribution < 1.29 is 4.21 Å². The maximum absolute atomic E-state index is 11.4. The highest BCUT2D eigenvalue weighted by Gasteiger charge is 2.21. The van der Waals surface area contributed by atoms with Crippen molar-refractivity contribution in [1.82, 2.24) is 4.98 Å². The fraction of sp³-hybridized carbons (Fsp3) is 0.286. The monoisotopic (exact) mass is 294 g/mol. The van der Waals surface area contributed by atoms with Crippen molar-refractivity contribution in [3.63, 3.8) is 0 Å². The highest BCUT2D eigenvalue weighted by Crippen LogP contribution is 2.25. The fourth-order valence-corrected chi connectivity index (χ4v) is 3.46. The number of halogens is 1. The van der Waals surface area contributed by atoms with Crippen LogP contribution in [-0.2, 0) is 21.2 Å². The van der Waals surface area contributed by atoms with Gasteiger partial charge in [0.25, 0.3) is 0 Å². The minimum absolute atomic E-state index is 0.381. The molecule has 3 nitrogen and oxygen atoms in total. The standard InChI is InChI=1S/C7H7IN2OS/c8-7-1-5-3-12(9,11)4-6(5)2-10-7/h1-2,9H,3-4H2. The Bertz CT molecular complexity index is 427. The molecule has 0 saturated carbocycles. The van der Waals surface area contributed by atoms with Gasteiger partial charge in [-0.15, -0.1) is 0 Å². The lowest BCUT2D eigenvalue weighted by atomic mass is 10.2. The topological polar surface area (TPSA) is 53.8 Å². The van der Waals surface area contributed by atoms with E-state index < -0.39 is 9.73 Å². The molecule has 0 aliphatic carbocycles. The molecular formula is C7H7IN2OS. The van der Waals surface area contributed by atoms with Crippen LogP contribution in [0.4, 0.5) is 0 Å². The molecule has 1 aliphatic heterocycles. The number of aromatic nitrogens is 1. The van der Waals surface area contributed by atoms with Gasteiger partial charge in [-0.05, 0) is 39.8 Å². The van der Waals surface area contributed by atoms with Gasteiger partial charge in [-0.3, -0.25) is 4.78 Å². The molecule has 12 heavy (non-hydrogen) atoms. The van der Waals surface area contributed by atoms with Crippen LogP contribution in [-0.4, -0.2) is 9.19 Å². The number of fused-ring (bicyclic) bond motifs is 1. The summed E-state index contributed by atoms with van der Waals surface area (Å²) in [5.41, 5.74) is 2.02. The molecule has 0 saturated heterocycles. The molecule has 1 atom stereocenters. The number of pyridine rings is 1. The van der Waals surface area contributed by atoms with Crippen LogP contribution in [0.3, 0.4) is 0 Å². The summed E-state index contributed by atoms with van der Waals surface area (Å²) in [6.07, 6.45) is 1.73. The van der Waals surface area contributed by atoms with Crippen molar-refractivity contribution >= 4 is 32.3 Å². The van der Waals surface area contributed by atoms with Crippen LogP contribution in [0.2, 0.25) is 0 Å². The zero-order chi connectivity index (χ0) is 8.77. The van der Waals surface area contributed by atoms with E-state index in [4.69, 9.17) is 4.78 Å². The molecule has 0 radical (unpaired) electrons. The van der Waals surface area contributed by atoms with Crippen LogP contribution in [0.1, 0.15) is 11.1 Å². The third-order valence-corrected chi connectivity index (χ3v) is 3.97. The Morgan fingerprint density at radius 2 is 2.17 bits per heavy atom. The number of hydrogen-bond acceptors (Lipinski definition) is 3. The molecule has 0 amide bonds. The Balaban J connectivity index is 2.56. The molecule has 1 aromatic rings. The second-order valence-corrected chi connectivity index (χ2v) is 6.18. The minimum atomic E-state index is -2.37. The Morgan fingerprint density at radius 1 is 1.50 bits per heavy atom. The van der Waals surface area contributed by atoms with Crippen molar-refractivity contribution in [2.75, 3.05) is 0 Å². The van der Waals surface area contributed by atoms with Gasteiger partial charge < -0.3 is 0 Å². The van der Waals surface area contributed by atoms with E-state index in [1.54, 1.807) is 6.20 Å². The van der Waals surface area contributed by atoms with Crippen molar-refractivity contribution in [1.29, 1.82) is 4.78 Å². The number of rotatable bonds is 0. The van der Waals surface area contributed by atoms with Gasteiger partial charge in [-0.25, -0.2) is 9.19 Å². The van der Waals surface area contributed by atoms with Crippen LogP contribution in [0.25, 0.3) is 0 Å². The Morgan fingerprint density at radius 3 is 2.92 bits per heavy atom. The van der Waals surface area contributed by atoms with Crippen molar-refractivity contribution in [2.45, 2.75) is 11.5 Å². The smallest absolute Gasteiger partial charge is 0.101 e. The summed E-state index contributed by atoms with van der Waals surface area (Å²) in [4.78, 5) is 4.09. The molecule has 0 spiro atoms. The molecule has 2 rings (SSSR count). The first-order valence-corrected chi connectivity index (χ1v) is 6.42. The summed E-state index contributed by atoms with van der Waals surface area (Å²) in [7, 11) is -2.37. The van der Waals surface area contributed by atoms with Gasteiger partial charge in [0.2, 0.25) is 0 Å². The average Bonchev–Trinajstić information content (AvgIpc) is 2.21. The Kier molecular flexibility index (Phi) is 1.87. The third kappa shape index (κ3) is 1.47. The normalized spacial score (nSPS) is 27.1. The van der Waals surface area contributed by atoms with Gasteiger partial charge >= 0.3 is 0 Å². The minimum Gasteiger partial charge on any atom is -0.252 e. The van der Waals surface area contributed by atoms with Crippen molar-refractivity contribution in [3.8, 4) is 0 Å². The lowest BCUT2D eigenvalue weighted by Gasteiger charge is -1.94. The first-order chi connectivity index (χ1) is 5.57. The van der Waals surface area contributed by atoms with E-state index in [9.17, 15) is 4.21 Å². The molecular weight excluding hydrogens is 287 g/mol. The number of nitrogens with zero attached hydrogens (tertiary/aromatic N) is 1. The SMILES string of the molecule is N=S1(=O)Cc2cnc(I)cc2C1. The summed E-state index contributed by atoms with van der Waals surface area (Å²) in [5, 5.41) is 0. The van der Waals surface area contributed by atoms with Crippen LogP contribution >= 0.6 is 22.6 Å². The van der Waals surface area contributed by atoms with Gasteiger partial charge in [-0.2, -0.15) is 0 Å². The largest absolute Gasteiger partial charge is 0.252 e. The highest BCUT2D eigenvalue weighted by atomic mass is 127. The summed E-state index contributed by atoms with van der Waals surface area (Å²) in [6.45, 7) is 0.